The monoisotopic (exact) mass is 360 g/mol. The lowest BCUT2D eigenvalue weighted by Gasteiger charge is -2.03. The predicted octanol–water partition coefficient (Wildman–Crippen LogP) is 4.51. The fourth-order valence-corrected chi connectivity index (χ4v) is 3.54. The Kier molecular flexibility index (Phi) is 4.88. The fourth-order valence-electron chi connectivity index (χ4n) is 1.90. The molecular weight excluding hydrogens is 346 g/mol. The number of hydrogen-bond donors (Lipinski definition) is 1. The second-order valence-corrected chi connectivity index (χ2v) is 6.79. The summed E-state index contributed by atoms with van der Waals surface area (Å²) in [4.78, 5) is 5.53. The third-order valence-corrected chi connectivity index (χ3v) is 4.76. The first kappa shape index (κ1) is 15.5. The van der Waals surface area contributed by atoms with Gasteiger partial charge < -0.3 is 5.73 Å². The van der Waals surface area contributed by atoms with Crippen molar-refractivity contribution in [2.45, 2.75) is 26.8 Å². The molecule has 2 aromatic rings. The van der Waals surface area contributed by atoms with Gasteiger partial charge in [0.1, 0.15) is 5.01 Å². The molecule has 0 aliphatic rings. The lowest BCUT2D eigenvalue weighted by atomic mass is 10.1. The number of rotatable bonds is 4. The molecule has 0 saturated heterocycles. The maximum absolute atomic E-state index is 13.6. The van der Waals surface area contributed by atoms with E-state index in [-0.39, 0.29) is 4.47 Å². The molecule has 0 aliphatic carbocycles. The molecule has 0 bridgehead atoms. The minimum absolute atomic E-state index is 0.103. The van der Waals surface area contributed by atoms with Crippen LogP contribution in [0, 0.1) is 17.6 Å². The van der Waals surface area contributed by atoms with Crippen molar-refractivity contribution in [1.82, 2.24) is 4.98 Å². The molecule has 2 N–H and O–H groups in total. The largest absolute Gasteiger partial charge is 0.326 e. The molecule has 1 aromatic carbocycles. The van der Waals surface area contributed by atoms with E-state index in [0.29, 0.717) is 23.0 Å². The van der Waals surface area contributed by atoms with E-state index in [9.17, 15) is 8.78 Å². The van der Waals surface area contributed by atoms with E-state index in [2.05, 4.69) is 34.8 Å². The fraction of sp³-hybridized carbons (Fsp3) is 0.357. The van der Waals surface area contributed by atoms with Crippen LogP contribution in [0.3, 0.4) is 0 Å². The molecule has 0 atom stereocenters. The van der Waals surface area contributed by atoms with Gasteiger partial charge in [0.25, 0.3) is 0 Å². The van der Waals surface area contributed by atoms with Crippen LogP contribution >= 0.6 is 27.3 Å². The zero-order valence-corrected chi connectivity index (χ0v) is 13.6. The molecule has 0 aliphatic heterocycles. The summed E-state index contributed by atoms with van der Waals surface area (Å²) >= 11 is 4.52. The maximum atomic E-state index is 13.6. The lowest BCUT2D eigenvalue weighted by Crippen LogP contribution is -2.02. The van der Waals surface area contributed by atoms with E-state index in [4.69, 9.17) is 5.73 Å². The lowest BCUT2D eigenvalue weighted by molar-refractivity contribution is 0.504. The highest BCUT2D eigenvalue weighted by atomic mass is 79.9. The predicted molar refractivity (Wildman–Crippen MR) is 81.6 cm³/mol. The summed E-state index contributed by atoms with van der Waals surface area (Å²) in [6.45, 7) is 4.61. The smallest absolute Gasteiger partial charge is 0.173 e. The van der Waals surface area contributed by atoms with Gasteiger partial charge in [-0.2, -0.15) is 0 Å². The zero-order valence-electron chi connectivity index (χ0n) is 11.2. The summed E-state index contributed by atoms with van der Waals surface area (Å²) in [5.74, 6) is -1.31. The topological polar surface area (TPSA) is 38.9 Å². The van der Waals surface area contributed by atoms with Gasteiger partial charge in [0.15, 0.2) is 11.6 Å². The van der Waals surface area contributed by atoms with Crippen molar-refractivity contribution in [3.63, 3.8) is 0 Å². The molecule has 0 saturated carbocycles. The van der Waals surface area contributed by atoms with E-state index >= 15 is 0 Å². The van der Waals surface area contributed by atoms with Crippen molar-refractivity contribution in [1.29, 1.82) is 0 Å². The van der Waals surface area contributed by atoms with E-state index in [1.807, 2.05) is 0 Å². The number of halogens is 3. The van der Waals surface area contributed by atoms with Crippen molar-refractivity contribution in [3.05, 3.63) is 38.8 Å². The summed E-state index contributed by atoms with van der Waals surface area (Å²) in [6.07, 6.45) is 0.824. The standard InChI is InChI=1S/C14H15BrF2N2S/c1-7(2)5-10-11(6-18)20-14(19-10)8-3-4-9(16)13(17)12(8)15/h3-4,7H,5-6,18H2,1-2H3. The second-order valence-electron chi connectivity index (χ2n) is 4.91. The first-order valence-electron chi connectivity index (χ1n) is 6.26. The molecule has 1 aromatic heterocycles. The van der Waals surface area contributed by atoms with Crippen molar-refractivity contribution in [3.8, 4) is 10.6 Å². The van der Waals surface area contributed by atoms with Crippen LogP contribution < -0.4 is 5.73 Å². The van der Waals surface area contributed by atoms with Gasteiger partial charge in [0.05, 0.1) is 10.2 Å². The second kappa shape index (κ2) is 6.28. The highest BCUT2D eigenvalue weighted by Crippen LogP contribution is 2.35. The number of thiazole rings is 1. The van der Waals surface area contributed by atoms with Crippen molar-refractivity contribution in [2.75, 3.05) is 0 Å². The number of hydrogen-bond acceptors (Lipinski definition) is 3. The number of nitrogens with zero attached hydrogens (tertiary/aromatic N) is 1. The summed E-state index contributed by atoms with van der Waals surface area (Å²) in [5, 5.41) is 0.659. The molecule has 1 heterocycles. The SMILES string of the molecule is CC(C)Cc1nc(-c2ccc(F)c(F)c2Br)sc1CN. The molecule has 0 spiro atoms. The Bertz CT molecular complexity index is 626. The van der Waals surface area contributed by atoms with Crippen LogP contribution in [-0.2, 0) is 13.0 Å². The van der Waals surface area contributed by atoms with Crippen molar-refractivity contribution in [2.24, 2.45) is 11.7 Å². The van der Waals surface area contributed by atoms with Gasteiger partial charge in [-0.05, 0) is 40.4 Å². The molecule has 2 rings (SSSR count). The third-order valence-electron chi connectivity index (χ3n) is 2.83. The van der Waals surface area contributed by atoms with Gasteiger partial charge in [-0.1, -0.05) is 13.8 Å². The van der Waals surface area contributed by atoms with Crippen LogP contribution in [0.4, 0.5) is 8.78 Å². The molecule has 0 radical (unpaired) electrons. The van der Waals surface area contributed by atoms with Gasteiger partial charge in [-0.25, -0.2) is 13.8 Å². The van der Waals surface area contributed by atoms with Crippen molar-refractivity contribution < 1.29 is 8.78 Å². The van der Waals surface area contributed by atoms with Crippen LogP contribution in [0.15, 0.2) is 16.6 Å². The average Bonchev–Trinajstić information content (AvgIpc) is 2.78. The van der Waals surface area contributed by atoms with E-state index in [0.717, 1.165) is 23.1 Å². The molecule has 6 heteroatoms. The Hall–Kier alpha value is -0.850. The maximum Gasteiger partial charge on any atom is 0.173 e. The first-order valence-corrected chi connectivity index (χ1v) is 7.87. The molecule has 108 valence electrons. The van der Waals surface area contributed by atoms with Crippen LogP contribution in [0.25, 0.3) is 10.6 Å². The number of benzene rings is 1. The number of nitrogens with two attached hydrogens (primary N) is 1. The zero-order chi connectivity index (χ0) is 14.9. The summed E-state index contributed by atoms with van der Waals surface area (Å²) in [5.41, 5.74) is 7.23. The van der Waals surface area contributed by atoms with E-state index < -0.39 is 11.6 Å². The Morgan fingerprint density at radius 2 is 2.05 bits per heavy atom. The Morgan fingerprint density at radius 3 is 2.65 bits per heavy atom. The highest BCUT2D eigenvalue weighted by molar-refractivity contribution is 9.10. The highest BCUT2D eigenvalue weighted by Gasteiger charge is 2.18. The quantitative estimate of drug-likeness (QED) is 0.814. The van der Waals surface area contributed by atoms with Crippen molar-refractivity contribution >= 4 is 27.3 Å². The van der Waals surface area contributed by atoms with Crippen LogP contribution in [0.5, 0.6) is 0 Å². The Balaban J connectivity index is 2.48. The summed E-state index contributed by atoms with van der Waals surface area (Å²) in [6, 6.07) is 2.64. The van der Waals surface area contributed by atoms with Crippen LogP contribution in [0.1, 0.15) is 24.4 Å². The minimum Gasteiger partial charge on any atom is -0.326 e. The first-order chi connectivity index (χ1) is 9.43. The van der Waals surface area contributed by atoms with Gasteiger partial charge in [0.2, 0.25) is 0 Å². The van der Waals surface area contributed by atoms with Gasteiger partial charge in [-0.3, -0.25) is 0 Å². The van der Waals surface area contributed by atoms with E-state index in [1.165, 1.54) is 17.4 Å². The van der Waals surface area contributed by atoms with Gasteiger partial charge >= 0.3 is 0 Å². The molecular formula is C14H15BrF2N2S. The average molecular weight is 361 g/mol. The Morgan fingerprint density at radius 1 is 1.35 bits per heavy atom. The van der Waals surface area contributed by atoms with E-state index in [1.54, 1.807) is 0 Å². The summed E-state index contributed by atoms with van der Waals surface area (Å²) < 4.78 is 26.9. The van der Waals surface area contributed by atoms with Gasteiger partial charge in [0, 0.05) is 17.0 Å². The molecule has 0 unspecified atom stereocenters. The van der Waals surface area contributed by atoms with Crippen LogP contribution in [-0.4, -0.2) is 4.98 Å². The Labute approximate surface area is 129 Å². The molecule has 2 nitrogen and oxygen atoms in total. The van der Waals surface area contributed by atoms with Gasteiger partial charge in [-0.15, -0.1) is 11.3 Å². The normalized spacial score (nSPS) is 11.3. The summed E-state index contributed by atoms with van der Waals surface area (Å²) in [7, 11) is 0. The molecule has 0 amide bonds. The molecule has 20 heavy (non-hydrogen) atoms. The minimum atomic E-state index is -0.891. The third kappa shape index (κ3) is 3.07. The van der Waals surface area contributed by atoms with Crippen LogP contribution in [0.2, 0.25) is 0 Å². The number of aromatic nitrogens is 1. The molecule has 0 fully saturated rings.